The van der Waals surface area contributed by atoms with Crippen LogP contribution in [0.5, 0.6) is 0 Å². The van der Waals surface area contributed by atoms with Gasteiger partial charge in [0.15, 0.2) is 0 Å². The van der Waals surface area contributed by atoms with Crippen LogP contribution >= 0.6 is 11.6 Å². The molecule has 1 N–H and O–H groups in total. The Kier molecular flexibility index (Phi) is 4.86. The van der Waals surface area contributed by atoms with Gasteiger partial charge in [0.1, 0.15) is 5.82 Å². The second-order valence-corrected chi connectivity index (χ2v) is 8.77. The molecule has 1 amide bonds. The Labute approximate surface area is 190 Å². The maximum absolute atomic E-state index is 13.8. The van der Waals surface area contributed by atoms with E-state index in [4.69, 9.17) is 16.6 Å². The molecule has 8 heteroatoms. The highest BCUT2D eigenvalue weighted by atomic mass is 35.5. The van der Waals surface area contributed by atoms with Crippen molar-refractivity contribution in [3.63, 3.8) is 0 Å². The van der Waals surface area contributed by atoms with E-state index in [9.17, 15) is 4.79 Å². The van der Waals surface area contributed by atoms with Crippen molar-refractivity contribution in [1.82, 2.24) is 29.9 Å². The van der Waals surface area contributed by atoms with Gasteiger partial charge in [0.05, 0.1) is 40.7 Å². The van der Waals surface area contributed by atoms with Crippen LogP contribution in [0.3, 0.4) is 0 Å². The summed E-state index contributed by atoms with van der Waals surface area (Å²) in [7, 11) is 0. The van der Waals surface area contributed by atoms with Gasteiger partial charge in [-0.2, -0.15) is 15.0 Å². The van der Waals surface area contributed by atoms with Crippen molar-refractivity contribution in [1.29, 1.82) is 0 Å². The number of H-pyrrole nitrogens is 1. The molecule has 0 bridgehead atoms. The SMILES string of the molecule is C=C1CC(c2nc3ccc(Cl)c(C)c3[nH]2)N(C(=O)c2cc(C)c(C)cc2-n2nccn2)C1. The minimum atomic E-state index is -0.236. The molecule has 1 fully saturated rings. The van der Waals surface area contributed by atoms with E-state index in [2.05, 4.69) is 21.8 Å². The number of amides is 1. The second-order valence-electron chi connectivity index (χ2n) is 8.36. The van der Waals surface area contributed by atoms with Gasteiger partial charge in [-0.05, 0) is 68.1 Å². The third-order valence-electron chi connectivity index (χ3n) is 6.18. The number of benzene rings is 2. The topological polar surface area (TPSA) is 79.7 Å². The standard InChI is InChI=1S/C24H23ClN6O/c1-13-9-21(23-28-19-6-5-18(25)16(4)22(19)29-23)30(12-13)24(32)17-10-14(2)15(3)11-20(17)31-26-7-8-27-31/h5-8,10-11,21H,1,9,12H2,2-4H3,(H,28,29). The zero-order valence-corrected chi connectivity index (χ0v) is 18.9. The van der Waals surface area contributed by atoms with Crippen LogP contribution in [0.25, 0.3) is 16.7 Å². The van der Waals surface area contributed by atoms with E-state index in [-0.39, 0.29) is 11.9 Å². The summed E-state index contributed by atoms with van der Waals surface area (Å²) in [4.78, 5) is 25.4. The first-order valence-corrected chi connectivity index (χ1v) is 10.8. The number of aryl methyl sites for hydroxylation is 3. The molecule has 1 unspecified atom stereocenters. The van der Waals surface area contributed by atoms with Gasteiger partial charge in [0.2, 0.25) is 0 Å². The Balaban J connectivity index is 1.59. The van der Waals surface area contributed by atoms with Crippen molar-refractivity contribution in [3.8, 4) is 5.69 Å². The molecule has 7 nitrogen and oxygen atoms in total. The van der Waals surface area contributed by atoms with E-state index in [1.165, 1.54) is 4.80 Å². The summed E-state index contributed by atoms with van der Waals surface area (Å²) in [5.74, 6) is 0.638. The lowest BCUT2D eigenvalue weighted by molar-refractivity contribution is 0.0732. The molecule has 1 atom stereocenters. The average molecular weight is 447 g/mol. The fourth-order valence-electron chi connectivity index (χ4n) is 4.26. The van der Waals surface area contributed by atoms with Crippen molar-refractivity contribution in [2.45, 2.75) is 33.2 Å². The highest BCUT2D eigenvalue weighted by Gasteiger charge is 2.36. The summed E-state index contributed by atoms with van der Waals surface area (Å²) in [6.07, 6.45) is 3.86. The minimum absolute atomic E-state index is 0.0979. The van der Waals surface area contributed by atoms with E-state index in [0.29, 0.717) is 29.2 Å². The summed E-state index contributed by atoms with van der Waals surface area (Å²) in [5, 5.41) is 9.19. The number of likely N-dealkylation sites (tertiary alicyclic amines) is 1. The van der Waals surface area contributed by atoms with Crippen LogP contribution in [0, 0.1) is 20.8 Å². The van der Waals surface area contributed by atoms with E-state index >= 15 is 0 Å². The first-order valence-electron chi connectivity index (χ1n) is 10.4. The van der Waals surface area contributed by atoms with Gasteiger partial charge in [0.25, 0.3) is 5.91 Å². The molecule has 2 aromatic carbocycles. The van der Waals surface area contributed by atoms with Crippen molar-refractivity contribution < 1.29 is 4.79 Å². The number of hydrogen-bond acceptors (Lipinski definition) is 4. The summed E-state index contributed by atoms with van der Waals surface area (Å²) in [6, 6.07) is 7.37. The quantitative estimate of drug-likeness (QED) is 0.455. The van der Waals surface area contributed by atoms with Crippen LogP contribution in [-0.4, -0.2) is 42.3 Å². The van der Waals surface area contributed by atoms with Crippen molar-refractivity contribution in [3.05, 3.63) is 81.9 Å². The Bertz CT molecular complexity index is 1370. The smallest absolute Gasteiger partial charge is 0.257 e. The molecule has 162 valence electrons. The van der Waals surface area contributed by atoms with Gasteiger partial charge in [-0.3, -0.25) is 4.79 Å². The first kappa shape index (κ1) is 20.5. The summed E-state index contributed by atoms with van der Waals surface area (Å²) in [5.41, 5.74) is 6.98. The number of nitrogens with one attached hydrogen (secondary N) is 1. The number of aromatic amines is 1. The number of imidazole rings is 1. The molecular weight excluding hydrogens is 424 g/mol. The van der Waals surface area contributed by atoms with Crippen LogP contribution in [0.2, 0.25) is 5.02 Å². The highest BCUT2D eigenvalue weighted by Crippen LogP contribution is 2.37. The molecule has 0 radical (unpaired) electrons. The van der Waals surface area contributed by atoms with Crippen molar-refractivity contribution in [2.24, 2.45) is 0 Å². The van der Waals surface area contributed by atoms with Crippen LogP contribution in [0.4, 0.5) is 0 Å². The van der Waals surface area contributed by atoms with Gasteiger partial charge < -0.3 is 9.88 Å². The minimum Gasteiger partial charge on any atom is -0.340 e. The van der Waals surface area contributed by atoms with Gasteiger partial charge >= 0.3 is 0 Å². The maximum atomic E-state index is 13.8. The lowest BCUT2D eigenvalue weighted by Crippen LogP contribution is -2.32. The fourth-order valence-corrected chi connectivity index (χ4v) is 4.41. The number of halogens is 1. The summed E-state index contributed by atoms with van der Waals surface area (Å²) < 4.78 is 0. The largest absolute Gasteiger partial charge is 0.340 e. The predicted molar refractivity (Wildman–Crippen MR) is 124 cm³/mol. The molecule has 1 saturated heterocycles. The van der Waals surface area contributed by atoms with Gasteiger partial charge in [0, 0.05) is 11.6 Å². The molecule has 2 aromatic heterocycles. The Hall–Kier alpha value is -3.45. The van der Waals surface area contributed by atoms with Crippen molar-refractivity contribution in [2.75, 3.05) is 6.54 Å². The summed E-state index contributed by atoms with van der Waals surface area (Å²) >= 11 is 6.29. The number of carbonyl (C=O) groups is 1. The Morgan fingerprint density at radius 1 is 1.16 bits per heavy atom. The molecular formula is C24H23ClN6O. The van der Waals surface area contributed by atoms with Gasteiger partial charge in [-0.25, -0.2) is 4.98 Å². The summed E-state index contributed by atoms with van der Waals surface area (Å²) in [6.45, 7) is 10.6. The molecule has 0 spiro atoms. The molecule has 4 aromatic rings. The number of fused-ring (bicyclic) bond motifs is 1. The van der Waals surface area contributed by atoms with Crippen molar-refractivity contribution >= 4 is 28.5 Å². The monoisotopic (exact) mass is 446 g/mol. The van der Waals surface area contributed by atoms with Crippen LogP contribution in [0.1, 0.15) is 45.3 Å². The Morgan fingerprint density at radius 3 is 2.62 bits per heavy atom. The normalized spacial score (nSPS) is 16.3. The number of carbonyl (C=O) groups excluding carboxylic acids is 1. The second kappa shape index (κ2) is 7.60. The lowest BCUT2D eigenvalue weighted by Gasteiger charge is -2.24. The molecule has 32 heavy (non-hydrogen) atoms. The van der Waals surface area contributed by atoms with Crippen LogP contribution < -0.4 is 0 Å². The molecule has 3 heterocycles. The molecule has 0 aliphatic carbocycles. The first-order chi connectivity index (χ1) is 15.3. The van der Waals surface area contributed by atoms with E-state index < -0.39 is 0 Å². The predicted octanol–water partition coefficient (Wildman–Crippen LogP) is 4.87. The molecule has 5 rings (SSSR count). The van der Waals surface area contributed by atoms with Gasteiger partial charge in [-0.1, -0.05) is 23.8 Å². The maximum Gasteiger partial charge on any atom is 0.257 e. The van der Waals surface area contributed by atoms with E-state index in [1.807, 2.05) is 49.9 Å². The third-order valence-corrected chi connectivity index (χ3v) is 6.59. The van der Waals surface area contributed by atoms with Crippen LogP contribution in [-0.2, 0) is 0 Å². The van der Waals surface area contributed by atoms with E-state index in [1.54, 1.807) is 12.4 Å². The molecule has 1 aliphatic heterocycles. The number of hydrogen-bond donors (Lipinski definition) is 1. The van der Waals surface area contributed by atoms with E-state index in [0.717, 1.165) is 39.1 Å². The number of aromatic nitrogens is 5. The zero-order valence-electron chi connectivity index (χ0n) is 18.2. The third kappa shape index (κ3) is 3.29. The molecule has 0 saturated carbocycles. The van der Waals surface area contributed by atoms with Gasteiger partial charge in [-0.15, -0.1) is 0 Å². The fraction of sp³-hybridized carbons (Fsp3) is 0.250. The highest BCUT2D eigenvalue weighted by molar-refractivity contribution is 6.32. The number of rotatable bonds is 3. The zero-order chi connectivity index (χ0) is 22.6. The molecule has 1 aliphatic rings. The lowest BCUT2D eigenvalue weighted by atomic mass is 10.0. The average Bonchev–Trinajstić information content (AvgIpc) is 3.51. The number of nitrogens with zero attached hydrogens (tertiary/aromatic N) is 5. The Morgan fingerprint density at radius 2 is 1.88 bits per heavy atom. The van der Waals surface area contributed by atoms with Crippen LogP contribution in [0.15, 0.2) is 48.8 Å².